The Balaban J connectivity index is 1.38. The monoisotopic (exact) mass is 374 g/mol. The van der Waals surface area contributed by atoms with Crippen molar-refractivity contribution in [1.82, 2.24) is 9.96 Å². The Kier molecular flexibility index (Phi) is 4.78. The molecule has 138 valence electrons. The standard InChI is InChI=1S/C20H23ClN2O3/c1-25-23-19(24)8-9-20(23)10-12-22(13-11-20)14-17-6-7-18(26-17)15-2-4-16(21)5-3-15/h2-7H,8-14H2,1H3. The zero-order valence-corrected chi connectivity index (χ0v) is 15.7. The number of hydrogen-bond donors (Lipinski definition) is 0. The number of carbonyl (C=O) groups is 1. The lowest BCUT2D eigenvalue weighted by Gasteiger charge is -2.43. The van der Waals surface area contributed by atoms with Crippen LogP contribution in [0, 0.1) is 0 Å². The minimum absolute atomic E-state index is 0.111. The predicted molar refractivity (Wildman–Crippen MR) is 99.5 cm³/mol. The number of benzene rings is 1. The molecule has 3 heterocycles. The summed E-state index contributed by atoms with van der Waals surface area (Å²) in [6.45, 7) is 2.65. The first-order chi connectivity index (χ1) is 12.6. The van der Waals surface area contributed by atoms with Crippen molar-refractivity contribution < 1.29 is 14.0 Å². The number of hydroxylamine groups is 2. The highest BCUT2D eigenvalue weighted by Gasteiger charge is 2.47. The molecule has 2 aliphatic rings. The van der Waals surface area contributed by atoms with Gasteiger partial charge in [-0.3, -0.25) is 14.5 Å². The fourth-order valence-corrected chi connectivity index (χ4v) is 4.26. The fourth-order valence-electron chi connectivity index (χ4n) is 4.14. The molecule has 1 aromatic carbocycles. The number of nitrogens with zero attached hydrogens (tertiary/aromatic N) is 2. The highest BCUT2D eigenvalue weighted by Crippen LogP contribution is 2.39. The summed E-state index contributed by atoms with van der Waals surface area (Å²) in [6, 6.07) is 11.7. The second kappa shape index (κ2) is 7.06. The quantitative estimate of drug-likeness (QED) is 0.807. The van der Waals surface area contributed by atoms with Crippen molar-refractivity contribution >= 4 is 17.5 Å². The van der Waals surface area contributed by atoms with Crippen LogP contribution in [0.5, 0.6) is 0 Å². The molecule has 0 radical (unpaired) electrons. The molecule has 0 bridgehead atoms. The van der Waals surface area contributed by atoms with Crippen LogP contribution in [0.2, 0.25) is 5.02 Å². The summed E-state index contributed by atoms with van der Waals surface area (Å²) < 4.78 is 6.01. The molecule has 2 saturated heterocycles. The van der Waals surface area contributed by atoms with Crippen molar-refractivity contribution in [2.24, 2.45) is 0 Å². The summed E-state index contributed by atoms with van der Waals surface area (Å²) in [4.78, 5) is 19.7. The van der Waals surface area contributed by atoms with Gasteiger partial charge in [0.25, 0.3) is 0 Å². The van der Waals surface area contributed by atoms with Gasteiger partial charge in [-0.2, -0.15) is 0 Å². The van der Waals surface area contributed by atoms with Crippen LogP contribution in [0.25, 0.3) is 11.3 Å². The summed E-state index contributed by atoms with van der Waals surface area (Å²) in [5.74, 6) is 1.92. The Bertz CT molecular complexity index is 779. The van der Waals surface area contributed by atoms with E-state index in [9.17, 15) is 4.79 Å². The van der Waals surface area contributed by atoms with E-state index in [4.69, 9.17) is 20.9 Å². The van der Waals surface area contributed by atoms with E-state index in [-0.39, 0.29) is 11.4 Å². The number of likely N-dealkylation sites (tertiary alicyclic amines) is 1. The minimum Gasteiger partial charge on any atom is -0.460 e. The molecule has 2 aliphatic heterocycles. The second-order valence-corrected chi connectivity index (χ2v) is 7.58. The molecule has 6 heteroatoms. The van der Waals surface area contributed by atoms with E-state index in [0.717, 1.165) is 61.0 Å². The molecule has 2 fully saturated rings. The van der Waals surface area contributed by atoms with Crippen molar-refractivity contribution in [3.63, 3.8) is 0 Å². The van der Waals surface area contributed by atoms with E-state index in [2.05, 4.69) is 4.90 Å². The second-order valence-electron chi connectivity index (χ2n) is 7.14. The van der Waals surface area contributed by atoms with Gasteiger partial charge in [-0.15, -0.1) is 0 Å². The number of hydrogen-bond acceptors (Lipinski definition) is 4. The van der Waals surface area contributed by atoms with Gasteiger partial charge in [0.1, 0.15) is 11.5 Å². The fraction of sp³-hybridized carbons (Fsp3) is 0.450. The maximum Gasteiger partial charge on any atom is 0.246 e. The summed E-state index contributed by atoms with van der Waals surface area (Å²) in [5, 5.41) is 2.34. The van der Waals surface area contributed by atoms with Crippen molar-refractivity contribution in [3.8, 4) is 11.3 Å². The minimum atomic E-state index is -0.111. The van der Waals surface area contributed by atoms with Crippen molar-refractivity contribution in [1.29, 1.82) is 0 Å². The largest absolute Gasteiger partial charge is 0.460 e. The average molecular weight is 375 g/mol. The van der Waals surface area contributed by atoms with Crippen LogP contribution in [0.1, 0.15) is 31.4 Å². The number of halogens is 1. The molecule has 1 spiro atoms. The lowest BCUT2D eigenvalue weighted by atomic mass is 9.86. The Labute approximate surface area is 158 Å². The first kappa shape index (κ1) is 17.6. The Morgan fingerprint density at radius 2 is 1.85 bits per heavy atom. The number of carbonyl (C=O) groups excluding carboxylic acids is 1. The third-order valence-electron chi connectivity index (χ3n) is 5.60. The van der Waals surface area contributed by atoms with Gasteiger partial charge in [-0.05, 0) is 55.7 Å². The molecular formula is C20H23ClN2O3. The third kappa shape index (κ3) is 3.27. The van der Waals surface area contributed by atoms with Crippen LogP contribution in [-0.2, 0) is 16.2 Å². The van der Waals surface area contributed by atoms with E-state index in [1.807, 2.05) is 36.4 Å². The first-order valence-electron chi connectivity index (χ1n) is 9.04. The van der Waals surface area contributed by atoms with Crippen LogP contribution in [0.15, 0.2) is 40.8 Å². The lowest BCUT2D eigenvalue weighted by molar-refractivity contribution is -0.202. The van der Waals surface area contributed by atoms with Crippen LogP contribution in [0.3, 0.4) is 0 Å². The SMILES string of the molecule is CON1C(=O)CCC12CCN(Cc1ccc(-c3ccc(Cl)cc3)o1)CC2. The van der Waals surface area contributed by atoms with Crippen molar-refractivity contribution in [3.05, 3.63) is 47.2 Å². The number of rotatable bonds is 4. The van der Waals surface area contributed by atoms with Crippen molar-refractivity contribution in [2.75, 3.05) is 20.2 Å². The highest BCUT2D eigenvalue weighted by atomic mass is 35.5. The summed E-state index contributed by atoms with van der Waals surface area (Å²) in [6.07, 6.45) is 3.38. The summed E-state index contributed by atoms with van der Waals surface area (Å²) >= 11 is 5.94. The molecule has 1 amide bonds. The van der Waals surface area contributed by atoms with E-state index in [1.54, 1.807) is 12.2 Å². The van der Waals surface area contributed by atoms with Gasteiger partial charge >= 0.3 is 0 Å². The average Bonchev–Trinajstić information content (AvgIpc) is 3.23. The zero-order valence-electron chi connectivity index (χ0n) is 14.9. The number of amides is 1. The topological polar surface area (TPSA) is 45.9 Å². The molecule has 4 rings (SSSR count). The van der Waals surface area contributed by atoms with Crippen LogP contribution < -0.4 is 0 Å². The molecule has 0 saturated carbocycles. The van der Waals surface area contributed by atoms with Gasteiger partial charge in [0.2, 0.25) is 5.91 Å². The molecule has 0 N–H and O–H groups in total. The molecule has 5 nitrogen and oxygen atoms in total. The predicted octanol–water partition coefficient (Wildman–Crippen LogP) is 4.12. The number of piperidine rings is 1. The lowest BCUT2D eigenvalue weighted by Crippen LogP contribution is -2.52. The van der Waals surface area contributed by atoms with Crippen LogP contribution >= 0.6 is 11.6 Å². The molecule has 0 aliphatic carbocycles. The number of furan rings is 1. The van der Waals surface area contributed by atoms with E-state index < -0.39 is 0 Å². The third-order valence-corrected chi connectivity index (χ3v) is 5.85. The van der Waals surface area contributed by atoms with E-state index in [0.29, 0.717) is 6.42 Å². The van der Waals surface area contributed by atoms with Gasteiger partial charge in [-0.25, -0.2) is 5.06 Å². The van der Waals surface area contributed by atoms with E-state index in [1.165, 1.54) is 0 Å². The molecular weight excluding hydrogens is 352 g/mol. The van der Waals surface area contributed by atoms with Gasteiger partial charge in [0.05, 0.1) is 19.2 Å². The van der Waals surface area contributed by atoms with E-state index >= 15 is 0 Å². The molecule has 0 unspecified atom stereocenters. The first-order valence-corrected chi connectivity index (χ1v) is 9.42. The molecule has 26 heavy (non-hydrogen) atoms. The van der Waals surface area contributed by atoms with Crippen molar-refractivity contribution in [2.45, 2.75) is 37.8 Å². The highest BCUT2D eigenvalue weighted by molar-refractivity contribution is 6.30. The maximum atomic E-state index is 12.0. The van der Waals surface area contributed by atoms with Gasteiger partial charge in [0, 0.05) is 30.1 Å². The summed E-state index contributed by atoms with van der Waals surface area (Å²) in [5.41, 5.74) is 0.915. The molecule has 2 aromatic rings. The zero-order chi connectivity index (χ0) is 18.1. The van der Waals surface area contributed by atoms with Gasteiger partial charge in [-0.1, -0.05) is 11.6 Å². The van der Waals surface area contributed by atoms with Gasteiger partial charge in [0.15, 0.2) is 0 Å². The van der Waals surface area contributed by atoms with Crippen LogP contribution in [-0.4, -0.2) is 41.6 Å². The van der Waals surface area contributed by atoms with Gasteiger partial charge < -0.3 is 4.42 Å². The van der Waals surface area contributed by atoms with Crippen LogP contribution in [0.4, 0.5) is 0 Å². The molecule has 1 aromatic heterocycles. The molecule has 0 atom stereocenters. The maximum absolute atomic E-state index is 12.0. The Hall–Kier alpha value is -1.82. The Morgan fingerprint density at radius 1 is 1.12 bits per heavy atom. The summed E-state index contributed by atoms with van der Waals surface area (Å²) in [7, 11) is 1.60. The Morgan fingerprint density at radius 3 is 2.54 bits per heavy atom. The normalized spacial score (nSPS) is 20.2. The smallest absolute Gasteiger partial charge is 0.246 e.